The van der Waals surface area contributed by atoms with E-state index in [2.05, 4.69) is 19.2 Å². The van der Waals surface area contributed by atoms with E-state index in [1.165, 1.54) is 0 Å². The topological polar surface area (TPSA) is 58.4 Å². The lowest BCUT2D eigenvalue weighted by molar-refractivity contribution is 0.0917. The van der Waals surface area contributed by atoms with Crippen molar-refractivity contribution in [2.75, 3.05) is 26.4 Å². The summed E-state index contributed by atoms with van der Waals surface area (Å²) in [5.41, 5.74) is 6.64. The van der Waals surface area contributed by atoms with Crippen LogP contribution in [0, 0.1) is 5.92 Å². The number of nitrogens with two attached hydrogens (primary N) is 1. The predicted octanol–water partition coefficient (Wildman–Crippen LogP) is 2.24. The molecule has 0 bridgehead atoms. The van der Waals surface area contributed by atoms with E-state index in [0.29, 0.717) is 22.2 Å². The van der Waals surface area contributed by atoms with Gasteiger partial charge in [-0.1, -0.05) is 25.4 Å². The molecule has 0 aliphatic carbocycles. The van der Waals surface area contributed by atoms with E-state index >= 15 is 0 Å². The average Bonchev–Trinajstić information content (AvgIpc) is 2.30. The lowest BCUT2D eigenvalue weighted by atomic mass is 10.0. The number of carbonyl (C=O) groups excluding carboxylic acids is 1. The molecule has 0 heterocycles. The first-order chi connectivity index (χ1) is 8.81. The second-order valence-corrected chi connectivity index (χ2v) is 5.73. The molecule has 0 fully saturated rings. The van der Waals surface area contributed by atoms with Gasteiger partial charge in [0.05, 0.1) is 10.6 Å². The Balaban J connectivity index is 2.84. The molecular weight excluding hydrogens is 262 g/mol. The van der Waals surface area contributed by atoms with Crippen molar-refractivity contribution in [2.24, 2.45) is 5.92 Å². The maximum atomic E-state index is 12.2. The molecule has 0 aliphatic heterocycles. The molecule has 19 heavy (non-hydrogen) atoms. The second-order valence-electron chi connectivity index (χ2n) is 5.33. The highest BCUT2D eigenvalue weighted by Crippen LogP contribution is 2.19. The molecule has 1 atom stereocenters. The highest BCUT2D eigenvalue weighted by atomic mass is 35.5. The van der Waals surface area contributed by atoms with Gasteiger partial charge in [0.15, 0.2) is 0 Å². The summed E-state index contributed by atoms with van der Waals surface area (Å²) in [6.07, 6.45) is 0. The number of nitrogens with zero attached hydrogens (tertiary/aromatic N) is 1. The van der Waals surface area contributed by atoms with E-state index in [4.69, 9.17) is 17.3 Å². The summed E-state index contributed by atoms with van der Waals surface area (Å²) in [5, 5.41) is 3.43. The Hall–Kier alpha value is -1.26. The summed E-state index contributed by atoms with van der Waals surface area (Å²) in [6, 6.07) is 4.99. The molecule has 1 unspecified atom stereocenters. The number of nitrogen functional groups attached to an aromatic ring is 1. The summed E-state index contributed by atoms with van der Waals surface area (Å²) in [6.45, 7) is 4.94. The highest BCUT2D eigenvalue weighted by molar-refractivity contribution is 6.34. The first-order valence-electron chi connectivity index (χ1n) is 6.32. The zero-order valence-corrected chi connectivity index (χ0v) is 12.7. The monoisotopic (exact) mass is 283 g/mol. The van der Waals surface area contributed by atoms with Gasteiger partial charge in [0, 0.05) is 18.3 Å². The van der Waals surface area contributed by atoms with Gasteiger partial charge in [-0.05, 0) is 38.2 Å². The van der Waals surface area contributed by atoms with E-state index in [1.807, 2.05) is 19.0 Å². The number of nitrogens with one attached hydrogen (secondary N) is 1. The van der Waals surface area contributed by atoms with Crippen molar-refractivity contribution >= 4 is 23.2 Å². The van der Waals surface area contributed by atoms with Gasteiger partial charge in [-0.25, -0.2) is 0 Å². The van der Waals surface area contributed by atoms with Crippen LogP contribution in [-0.4, -0.2) is 37.5 Å². The van der Waals surface area contributed by atoms with Crippen LogP contribution in [0.25, 0.3) is 0 Å². The van der Waals surface area contributed by atoms with Crippen LogP contribution in [0.1, 0.15) is 24.2 Å². The van der Waals surface area contributed by atoms with Crippen LogP contribution in [0.15, 0.2) is 18.2 Å². The van der Waals surface area contributed by atoms with Gasteiger partial charge in [-0.2, -0.15) is 0 Å². The van der Waals surface area contributed by atoms with Gasteiger partial charge in [0.25, 0.3) is 5.91 Å². The molecule has 4 nitrogen and oxygen atoms in total. The SMILES string of the molecule is CC(C)C(CN(C)C)NC(=O)c1cc(N)ccc1Cl. The maximum Gasteiger partial charge on any atom is 0.253 e. The van der Waals surface area contributed by atoms with Crippen LogP contribution in [0.2, 0.25) is 5.02 Å². The number of hydrogen-bond donors (Lipinski definition) is 2. The quantitative estimate of drug-likeness (QED) is 0.815. The van der Waals surface area contributed by atoms with Crippen LogP contribution in [0.3, 0.4) is 0 Å². The Morgan fingerprint density at radius 1 is 1.42 bits per heavy atom. The molecular formula is C14H22ClN3O. The Kier molecular flexibility index (Phi) is 5.63. The smallest absolute Gasteiger partial charge is 0.253 e. The van der Waals surface area contributed by atoms with E-state index in [0.717, 1.165) is 6.54 Å². The zero-order chi connectivity index (χ0) is 14.6. The molecule has 0 saturated carbocycles. The number of anilines is 1. The van der Waals surface area contributed by atoms with E-state index in [9.17, 15) is 4.79 Å². The normalized spacial score (nSPS) is 12.8. The molecule has 0 aromatic heterocycles. The fourth-order valence-electron chi connectivity index (χ4n) is 1.78. The van der Waals surface area contributed by atoms with E-state index < -0.39 is 0 Å². The van der Waals surface area contributed by atoms with Gasteiger partial charge in [0.2, 0.25) is 0 Å². The molecule has 106 valence electrons. The Morgan fingerprint density at radius 2 is 2.05 bits per heavy atom. The molecule has 1 amide bonds. The van der Waals surface area contributed by atoms with Crippen LogP contribution in [-0.2, 0) is 0 Å². The number of likely N-dealkylation sites (N-methyl/N-ethyl adjacent to an activating group) is 1. The maximum absolute atomic E-state index is 12.2. The fraction of sp³-hybridized carbons (Fsp3) is 0.500. The largest absolute Gasteiger partial charge is 0.399 e. The van der Waals surface area contributed by atoms with E-state index in [-0.39, 0.29) is 11.9 Å². The van der Waals surface area contributed by atoms with Crippen LogP contribution < -0.4 is 11.1 Å². The number of benzene rings is 1. The van der Waals surface area contributed by atoms with Crippen molar-refractivity contribution in [2.45, 2.75) is 19.9 Å². The highest BCUT2D eigenvalue weighted by Gasteiger charge is 2.19. The third kappa shape index (κ3) is 4.73. The van der Waals surface area contributed by atoms with Gasteiger partial charge in [0.1, 0.15) is 0 Å². The number of halogens is 1. The van der Waals surface area contributed by atoms with Crippen molar-refractivity contribution < 1.29 is 4.79 Å². The molecule has 0 radical (unpaired) electrons. The molecule has 5 heteroatoms. The summed E-state index contributed by atoms with van der Waals surface area (Å²) < 4.78 is 0. The second kappa shape index (κ2) is 6.78. The molecule has 3 N–H and O–H groups in total. The number of rotatable bonds is 5. The molecule has 1 aromatic carbocycles. The third-order valence-corrected chi connectivity index (χ3v) is 3.25. The zero-order valence-electron chi connectivity index (χ0n) is 11.9. The Bertz CT molecular complexity index is 446. The van der Waals surface area contributed by atoms with Crippen LogP contribution >= 0.6 is 11.6 Å². The minimum absolute atomic E-state index is 0.0694. The Morgan fingerprint density at radius 3 is 2.58 bits per heavy atom. The minimum Gasteiger partial charge on any atom is -0.399 e. The molecule has 1 rings (SSSR count). The van der Waals surface area contributed by atoms with Gasteiger partial charge >= 0.3 is 0 Å². The van der Waals surface area contributed by atoms with Crippen molar-refractivity contribution in [3.8, 4) is 0 Å². The van der Waals surface area contributed by atoms with Gasteiger partial charge in [-0.3, -0.25) is 4.79 Å². The summed E-state index contributed by atoms with van der Waals surface area (Å²) >= 11 is 6.03. The summed E-state index contributed by atoms with van der Waals surface area (Å²) in [7, 11) is 3.96. The molecule has 0 saturated heterocycles. The van der Waals surface area contributed by atoms with Gasteiger partial charge < -0.3 is 16.0 Å². The van der Waals surface area contributed by atoms with Crippen molar-refractivity contribution in [1.82, 2.24) is 10.2 Å². The van der Waals surface area contributed by atoms with Gasteiger partial charge in [-0.15, -0.1) is 0 Å². The van der Waals surface area contributed by atoms with Crippen LogP contribution in [0.4, 0.5) is 5.69 Å². The van der Waals surface area contributed by atoms with Crippen molar-refractivity contribution in [3.05, 3.63) is 28.8 Å². The molecule has 0 spiro atoms. The first kappa shape index (κ1) is 15.8. The lowest BCUT2D eigenvalue weighted by Crippen LogP contribution is -2.45. The Labute approximate surface area is 119 Å². The summed E-state index contributed by atoms with van der Waals surface area (Å²) in [4.78, 5) is 14.3. The van der Waals surface area contributed by atoms with Crippen molar-refractivity contribution in [1.29, 1.82) is 0 Å². The number of hydrogen-bond acceptors (Lipinski definition) is 3. The summed E-state index contributed by atoms with van der Waals surface area (Å²) in [5.74, 6) is 0.157. The fourth-order valence-corrected chi connectivity index (χ4v) is 1.98. The molecule has 1 aromatic rings. The van der Waals surface area contributed by atoms with E-state index in [1.54, 1.807) is 18.2 Å². The predicted molar refractivity (Wildman–Crippen MR) is 80.5 cm³/mol. The number of amides is 1. The van der Waals surface area contributed by atoms with Crippen molar-refractivity contribution in [3.63, 3.8) is 0 Å². The minimum atomic E-state index is -0.183. The third-order valence-electron chi connectivity index (χ3n) is 2.92. The average molecular weight is 284 g/mol. The standard InChI is InChI=1S/C14H22ClN3O/c1-9(2)13(8-18(3)4)17-14(19)11-7-10(16)5-6-12(11)15/h5-7,9,13H,8,16H2,1-4H3,(H,17,19). The first-order valence-corrected chi connectivity index (χ1v) is 6.69. The molecule has 0 aliphatic rings. The van der Waals surface area contributed by atoms with Crippen LogP contribution in [0.5, 0.6) is 0 Å². The lowest BCUT2D eigenvalue weighted by Gasteiger charge is -2.25. The number of carbonyl (C=O) groups is 1.